The van der Waals surface area contributed by atoms with Gasteiger partial charge in [-0.1, -0.05) is 48.2 Å². The summed E-state index contributed by atoms with van der Waals surface area (Å²) in [6.07, 6.45) is 1.79. The maximum atomic E-state index is 12.7. The number of hydrogen-bond acceptors (Lipinski definition) is 5. The minimum Gasteiger partial charge on any atom is -0.325 e. The molecule has 0 aliphatic carbocycles. The number of amides is 1. The minimum atomic E-state index is -3.57. The van der Waals surface area contributed by atoms with Crippen LogP contribution in [0.2, 0.25) is 0 Å². The largest absolute Gasteiger partial charge is 0.325 e. The highest BCUT2D eigenvalue weighted by atomic mass is 32.2. The zero-order valence-electron chi connectivity index (χ0n) is 17.2. The molecule has 0 saturated heterocycles. The Labute approximate surface area is 181 Å². The van der Waals surface area contributed by atoms with Crippen LogP contribution in [0.4, 0.5) is 5.69 Å². The van der Waals surface area contributed by atoms with Crippen molar-refractivity contribution in [2.24, 2.45) is 7.05 Å². The summed E-state index contributed by atoms with van der Waals surface area (Å²) in [5.41, 5.74) is 2.45. The molecule has 0 spiro atoms. The van der Waals surface area contributed by atoms with Gasteiger partial charge in [0.25, 0.3) is 0 Å². The summed E-state index contributed by atoms with van der Waals surface area (Å²) in [7, 11) is 1.28. The van der Waals surface area contributed by atoms with E-state index in [1.807, 2.05) is 41.9 Å². The first kappa shape index (κ1) is 22.1. The third-order valence-electron chi connectivity index (χ3n) is 4.55. The van der Waals surface area contributed by atoms with E-state index in [-0.39, 0.29) is 10.8 Å². The van der Waals surface area contributed by atoms with Gasteiger partial charge in [0.05, 0.1) is 22.0 Å². The van der Waals surface area contributed by atoms with Crippen LogP contribution in [0.1, 0.15) is 6.92 Å². The normalized spacial score (nSPS) is 12.7. The molecule has 0 unspecified atom stereocenters. The average Bonchev–Trinajstić information content (AvgIpc) is 3.08. The van der Waals surface area contributed by atoms with Gasteiger partial charge in [0, 0.05) is 26.8 Å². The number of rotatable bonds is 7. The minimum absolute atomic E-state index is 0.127. The van der Waals surface area contributed by atoms with E-state index in [1.54, 1.807) is 25.3 Å². The predicted molar refractivity (Wildman–Crippen MR) is 120 cm³/mol. The number of hydrogen-bond donors (Lipinski definition) is 1. The summed E-state index contributed by atoms with van der Waals surface area (Å²) >= 11 is 1.34. The Kier molecular flexibility index (Phi) is 6.64. The van der Waals surface area contributed by atoms with Crippen LogP contribution in [0.5, 0.6) is 0 Å². The molecular formula is C21H24N4O3S2. The molecule has 30 heavy (non-hydrogen) atoms. The number of benzene rings is 2. The van der Waals surface area contributed by atoms with Crippen molar-refractivity contribution in [3.05, 3.63) is 60.8 Å². The molecule has 1 N–H and O–H groups in total. The van der Waals surface area contributed by atoms with Crippen molar-refractivity contribution in [2.75, 3.05) is 19.4 Å². The van der Waals surface area contributed by atoms with E-state index in [9.17, 15) is 13.2 Å². The molecule has 0 radical (unpaired) electrons. The van der Waals surface area contributed by atoms with Crippen LogP contribution in [-0.2, 0) is 21.9 Å². The fourth-order valence-electron chi connectivity index (χ4n) is 2.78. The molecule has 0 fully saturated rings. The second kappa shape index (κ2) is 9.03. The Morgan fingerprint density at radius 1 is 1.13 bits per heavy atom. The number of imidazole rings is 1. The maximum absolute atomic E-state index is 12.7. The van der Waals surface area contributed by atoms with Crippen LogP contribution < -0.4 is 5.32 Å². The summed E-state index contributed by atoms with van der Waals surface area (Å²) < 4.78 is 27.7. The topological polar surface area (TPSA) is 84.3 Å². The van der Waals surface area contributed by atoms with E-state index in [0.29, 0.717) is 5.69 Å². The van der Waals surface area contributed by atoms with Crippen LogP contribution in [0, 0.1) is 0 Å². The molecule has 158 valence electrons. The van der Waals surface area contributed by atoms with Crippen molar-refractivity contribution in [3.8, 4) is 11.3 Å². The van der Waals surface area contributed by atoms with Crippen LogP contribution in [0.3, 0.4) is 0 Å². The monoisotopic (exact) mass is 444 g/mol. The highest BCUT2D eigenvalue weighted by Crippen LogP contribution is 2.28. The zero-order chi connectivity index (χ0) is 21.9. The van der Waals surface area contributed by atoms with Crippen molar-refractivity contribution in [2.45, 2.75) is 22.2 Å². The molecule has 0 aliphatic rings. The van der Waals surface area contributed by atoms with Crippen LogP contribution in [-0.4, -0.2) is 47.5 Å². The molecular weight excluding hydrogens is 420 g/mol. The van der Waals surface area contributed by atoms with Crippen molar-refractivity contribution in [3.63, 3.8) is 0 Å². The lowest BCUT2D eigenvalue weighted by molar-refractivity contribution is -0.115. The SMILES string of the molecule is C[C@H](Sc1ncc(-c2ccccc2)n1C)C(=O)Nc1cccc(S(=O)(=O)N(C)C)c1. The Bertz CT molecular complexity index is 1140. The predicted octanol–water partition coefficient (Wildman–Crippen LogP) is 3.46. The second-order valence-electron chi connectivity index (χ2n) is 6.92. The number of thioether (sulfide) groups is 1. The quantitative estimate of drug-likeness (QED) is 0.564. The molecule has 0 bridgehead atoms. The Morgan fingerprint density at radius 3 is 2.50 bits per heavy atom. The van der Waals surface area contributed by atoms with Gasteiger partial charge in [0.1, 0.15) is 0 Å². The van der Waals surface area contributed by atoms with Gasteiger partial charge in [-0.15, -0.1) is 0 Å². The second-order valence-corrected chi connectivity index (χ2v) is 10.4. The van der Waals surface area contributed by atoms with E-state index in [2.05, 4.69) is 10.3 Å². The number of aromatic nitrogens is 2. The molecule has 3 aromatic rings. The smallest absolute Gasteiger partial charge is 0.242 e. The van der Waals surface area contributed by atoms with E-state index in [4.69, 9.17) is 0 Å². The maximum Gasteiger partial charge on any atom is 0.242 e. The number of sulfonamides is 1. The molecule has 1 heterocycles. The third kappa shape index (κ3) is 4.75. The molecule has 0 saturated carbocycles. The van der Waals surface area contributed by atoms with E-state index in [0.717, 1.165) is 20.7 Å². The van der Waals surface area contributed by atoms with Crippen molar-refractivity contribution >= 4 is 33.4 Å². The molecule has 0 aliphatic heterocycles. The Hall–Kier alpha value is -2.62. The lowest BCUT2D eigenvalue weighted by atomic mass is 10.2. The third-order valence-corrected chi connectivity index (χ3v) is 7.52. The Balaban J connectivity index is 1.71. The van der Waals surface area contributed by atoms with Crippen molar-refractivity contribution in [1.29, 1.82) is 0 Å². The number of nitrogens with zero attached hydrogens (tertiary/aromatic N) is 3. The fourth-order valence-corrected chi connectivity index (χ4v) is 4.58. The van der Waals surface area contributed by atoms with Crippen molar-refractivity contribution in [1.82, 2.24) is 13.9 Å². The summed E-state index contributed by atoms with van der Waals surface area (Å²) in [5, 5.41) is 3.09. The number of anilines is 1. The average molecular weight is 445 g/mol. The lowest BCUT2D eigenvalue weighted by Crippen LogP contribution is -2.24. The molecule has 2 aromatic carbocycles. The van der Waals surface area contributed by atoms with Gasteiger partial charge in [0.2, 0.25) is 15.9 Å². The molecule has 1 amide bonds. The van der Waals surface area contributed by atoms with Crippen LogP contribution >= 0.6 is 11.8 Å². The highest BCUT2D eigenvalue weighted by molar-refractivity contribution is 8.00. The van der Waals surface area contributed by atoms with E-state index >= 15 is 0 Å². The number of carbonyl (C=O) groups is 1. The standard InChI is InChI=1S/C21H24N4O3S2/c1-15(29-21-22-14-19(25(21)4)16-9-6-5-7-10-16)20(26)23-17-11-8-12-18(13-17)30(27,28)24(2)3/h5-15H,1-4H3,(H,23,26)/t15-/m0/s1. The van der Waals surface area contributed by atoms with Crippen LogP contribution in [0.25, 0.3) is 11.3 Å². The summed E-state index contributed by atoms with van der Waals surface area (Å²) in [6.45, 7) is 1.79. The lowest BCUT2D eigenvalue weighted by Gasteiger charge is -2.14. The van der Waals surface area contributed by atoms with Gasteiger partial charge in [-0.2, -0.15) is 0 Å². The van der Waals surface area contributed by atoms with Crippen LogP contribution in [0.15, 0.2) is 70.8 Å². The fraction of sp³-hybridized carbons (Fsp3) is 0.238. The van der Waals surface area contributed by atoms with E-state index < -0.39 is 15.3 Å². The summed E-state index contributed by atoms with van der Waals surface area (Å²) in [6, 6.07) is 16.1. The first-order valence-electron chi connectivity index (χ1n) is 9.27. The highest BCUT2D eigenvalue weighted by Gasteiger charge is 2.21. The van der Waals surface area contributed by atoms with E-state index in [1.165, 1.54) is 38.0 Å². The van der Waals surface area contributed by atoms with Gasteiger partial charge in [-0.05, 0) is 30.7 Å². The zero-order valence-corrected chi connectivity index (χ0v) is 18.9. The first-order chi connectivity index (χ1) is 14.2. The summed E-state index contributed by atoms with van der Waals surface area (Å²) in [5.74, 6) is -0.233. The first-order valence-corrected chi connectivity index (χ1v) is 11.6. The Morgan fingerprint density at radius 2 is 1.83 bits per heavy atom. The van der Waals surface area contributed by atoms with Crippen molar-refractivity contribution < 1.29 is 13.2 Å². The van der Waals surface area contributed by atoms with Gasteiger partial charge in [0.15, 0.2) is 5.16 Å². The molecule has 9 heteroatoms. The van der Waals surface area contributed by atoms with Gasteiger partial charge in [-0.25, -0.2) is 17.7 Å². The summed E-state index contributed by atoms with van der Waals surface area (Å²) in [4.78, 5) is 17.2. The molecule has 1 aromatic heterocycles. The van der Waals surface area contributed by atoms with Gasteiger partial charge in [-0.3, -0.25) is 4.79 Å². The molecule has 3 rings (SSSR count). The van der Waals surface area contributed by atoms with Gasteiger partial charge >= 0.3 is 0 Å². The van der Waals surface area contributed by atoms with Gasteiger partial charge < -0.3 is 9.88 Å². The molecule has 1 atom stereocenters. The molecule has 7 nitrogen and oxygen atoms in total. The number of nitrogens with one attached hydrogen (secondary N) is 1. The number of carbonyl (C=O) groups excluding carboxylic acids is 1.